The summed E-state index contributed by atoms with van der Waals surface area (Å²) in [5.74, 6) is 0. The quantitative estimate of drug-likeness (QED) is 0.158. The summed E-state index contributed by atoms with van der Waals surface area (Å²) in [7, 11) is 1.73. The van der Waals surface area contributed by atoms with Gasteiger partial charge in [-0.25, -0.2) is 0 Å². The van der Waals surface area contributed by atoms with Crippen molar-refractivity contribution in [1.82, 2.24) is 21.5 Å². The molecule has 0 aromatic heterocycles. The van der Waals surface area contributed by atoms with Gasteiger partial charge in [-0.3, -0.25) is 16.2 Å². The summed E-state index contributed by atoms with van der Waals surface area (Å²) in [6.07, 6.45) is 0. The van der Waals surface area contributed by atoms with E-state index in [1.165, 1.54) is 0 Å². The van der Waals surface area contributed by atoms with Gasteiger partial charge in [0.15, 0.2) is 5.11 Å². The molecule has 0 radical (unpaired) electrons. The van der Waals surface area contributed by atoms with E-state index in [0.29, 0.717) is 5.11 Å². The van der Waals surface area contributed by atoms with Gasteiger partial charge in [-0.05, 0) is 32.6 Å². The van der Waals surface area contributed by atoms with E-state index in [1.807, 2.05) is 20.8 Å². The Labute approximate surface area is 113 Å². The normalized spacial score (nSPS) is 14.2. The van der Waals surface area contributed by atoms with E-state index in [9.17, 15) is 0 Å². The molecule has 6 nitrogen and oxygen atoms in total. The fraction of sp³-hybridized carbons (Fsp3) is 0.667. The van der Waals surface area contributed by atoms with Crippen LogP contribution in [0.2, 0.25) is 0 Å². The van der Waals surface area contributed by atoms with Crippen LogP contribution in [0.25, 0.3) is 0 Å². The lowest BCUT2D eigenvalue weighted by Gasteiger charge is -2.11. The van der Waals surface area contributed by atoms with Crippen LogP contribution >= 0.6 is 24.8 Å². The van der Waals surface area contributed by atoms with Crippen LogP contribution in [0.4, 0.5) is 0 Å². The van der Waals surface area contributed by atoms with Gasteiger partial charge in [0.05, 0.1) is 11.4 Å². The molecular formula is C9H20N6S2. The Morgan fingerprint density at radius 1 is 1.29 bits per heavy atom. The zero-order chi connectivity index (χ0) is 13.3. The molecule has 17 heavy (non-hydrogen) atoms. The highest BCUT2D eigenvalue weighted by Gasteiger charge is 2.00. The van der Waals surface area contributed by atoms with E-state index in [4.69, 9.17) is 12.2 Å². The first-order valence-corrected chi connectivity index (χ1v) is 6.17. The van der Waals surface area contributed by atoms with Gasteiger partial charge in [0, 0.05) is 7.05 Å². The molecule has 4 N–H and O–H groups in total. The van der Waals surface area contributed by atoms with Crippen LogP contribution in [0.3, 0.4) is 0 Å². The highest BCUT2D eigenvalue weighted by molar-refractivity contribution is 7.80. The van der Waals surface area contributed by atoms with E-state index in [-0.39, 0.29) is 5.50 Å². The maximum atomic E-state index is 4.89. The second kappa shape index (κ2) is 9.20. The second-order valence-corrected chi connectivity index (χ2v) is 4.10. The van der Waals surface area contributed by atoms with Crippen molar-refractivity contribution >= 4 is 41.4 Å². The van der Waals surface area contributed by atoms with Gasteiger partial charge in [0.1, 0.15) is 5.50 Å². The van der Waals surface area contributed by atoms with Crippen LogP contribution in [0, 0.1) is 0 Å². The number of hydrogen-bond acceptors (Lipinski definition) is 6. The number of nitrogens with zero attached hydrogens (tertiary/aromatic N) is 2. The summed E-state index contributed by atoms with van der Waals surface area (Å²) in [6, 6.07) is 0. The summed E-state index contributed by atoms with van der Waals surface area (Å²) in [5.41, 5.74) is 6.87. The molecule has 98 valence electrons. The van der Waals surface area contributed by atoms with Crippen molar-refractivity contribution in [3.8, 4) is 0 Å². The number of thiocarbonyl (C=S) groups is 1. The van der Waals surface area contributed by atoms with Crippen molar-refractivity contribution in [1.29, 1.82) is 0 Å². The van der Waals surface area contributed by atoms with Crippen LogP contribution in [-0.4, -0.2) is 35.6 Å². The first kappa shape index (κ1) is 16.1. The Balaban J connectivity index is 4.23. The molecule has 0 aromatic carbocycles. The summed E-state index contributed by atoms with van der Waals surface area (Å²) in [5, 5.41) is 14.5. The minimum atomic E-state index is -0.172. The summed E-state index contributed by atoms with van der Waals surface area (Å²) < 4.78 is 0. The summed E-state index contributed by atoms with van der Waals surface area (Å²) >= 11 is 9.13. The lowest BCUT2D eigenvalue weighted by molar-refractivity contribution is 0.582. The van der Waals surface area contributed by atoms with Crippen molar-refractivity contribution in [3.63, 3.8) is 0 Å². The van der Waals surface area contributed by atoms with Crippen molar-refractivity contribution in [2.45, 2.75) is 26.3 Å². The minimum absolute atomic E-state index is 0.172. The Morgan fingerprint density at radius 3 is 2.41 bits per heavy atom. The molecular weight excluding hydrogens is 256 g/mol. The van der Waals surface area contributed by atoms with Crippen molar-refractivity contribution in [2.24, 2.45) is 10.2 Å². The molecule has 0 heterocycles. The monoisotopic (exact) mass is 276 g/mol. The van der Waals surface area contributed by atoms with E-state index in [0.717, 1.165) is 18.0 Å². The van der Waals surface area contributed by atoms with Crippen molar-refractivity contribution in [3.05, 3.63) is 0 Å². The molecule has 0 fully saturated rings. The molecule has 0 amide bonds. The maximum absolute atomic E-state index is 4.89. The lowest BCUT2D eigenvalue weighted by Crippen LogP contribution is -2.35. The molecule has 8 heteroatoms. The average Bonchev–Trinajstić information content (AvgIpc) is 2.32. The molecule has 0 aromatic rings. The molecule has 0 bridgehead atoms. The first-order valence-electron chi connectivity index (χ1n) is 5.24. The lowest BCUT2D eigenvalue weighted by atomic mass is 10.3. The maximum Gasteiger partial charge on any atom is 0.186 e. The predicted octanol–water partition coefficient (Wildman–Crippen LogP) is 0.245. The van der Waals surface area contributed by atoms with Crippen LogP contribution in [0.5, 0.6) is 0 Å². The van der Waals surface area contributed by atoms with Crippen molar-refractivity contribution < 1.29 is 0 Å². The molecule has 0 saturated heterocycles. The fourth-order valence-corrected chi connectivity index (χ4v) is 1.04. The molecule has 1 atom stereocenters. The third kappa shape index (κ3) is 7.94. The van der Waals surface area contributed by atoms with Gasteiger partial charge in [-0.2, -0.15) is 10.2 Å². The molecule has 1 unspecified atom stereocenters. The Morgan fingerprint density at radius 2 is 1.88 bits per heavy atom. The molecule has 0 rings (SSSR count). The number of hydrazone groups is 2. The highest BCUT2D eigenvalue weighted by Crippen LogP contribution is 1.86. The zero-order valence-electron chi connectivity index (χ0n) is 10.5. The second-order valence-electron chi connectivity index (χ2n) is 3.17. The Hall–Kier alpha value is -0.860. The molecule has 0 aliphatic carbocycles. The summed E-state index contributed by atoms with van der Waals surface area (Å²) in [4.78, 5) is 0. The third-order valence-electron chi connectivity index (χ3n) is 1.83. The topological polar surface area (TPSA) is 72.8 Å². The minimum Gasteiger partial charge on any atom is -0.364 e. The fourth-order valence-electron chi connectivity index (χ4n) is 0.749. The van der Waals surface area contributed by atoms with Gasteiger partial charge in [-0.15, -0.1) is 12.6 Å². The SMILES string of the molecule is CCNC(S)N/N=C(C)/C(C)=N/NC(=S)NC. The summed E-state index contributed by atoms with van der Waals surface area (Å²) in [6.45, 7) is 6.51. The molecule has 0 spiro atoms. The first-order chi connectivity index (χ1) is 8.01. The largest absolute Gasteiger partial charge is 0.364 e. The highest BCUT2D eigenvalue weighted by atomic mass is 32.1. The number of hydrogen-bond donors (Lipinski definition) is 5. The molecule has 0 aliphatic rings. The predicted molar refractivity (Wildman–Crippen MR) is 80.6 cm³/mol. The van der Waals surface area contributed by atoms with Crippen LogP contribution in [-0.2, 0) is 0 Å². The van der Waals surface area contributed by atoms with E-state index in [1.54, 1.807) is 7.05 Å². The third-order valence-corrected chi connectivity index (χ3v) is 2.42. The van der Waals surface area contributed by atoms with Crippen LogP contribution in [0.15, 0.2) is 10.2 Å². The smallest absolute Gasteiger partial charge is 0.186 e. The number of nitrogens with one attached hydrogen (secondary N) is 4. The zero-order valence-corrected chi connectivity index (χ0v) is 12.2. The average molecular weight is 276 g/mol. The van der Waals surface area contributed by atoms with Gasteiger partial charge < -0.3 is 5.32 Å². The van der Waals surface area contributed by atoms with Gasteiger partial charge in [-0.1, -0.05) is 6.92 Å². The number of rotatable bonds is 6. The van der Waals surface area contributed by atoms with Gasteiger partial charge in [0.25, 0.3) is 0 Å². The molecule has 0 saturated carbocycles. The Kier molecular flexibility index (Phi) is 8.73. The van der Waals surface area contributed by atoms with E-state index in [2.05, 4.69) is 44.3 Å². The van der Waals surface area contributed by atoms with Crippen LogP contribution in [0.1, 0.15) is 20.8 Å². The molecule has 0 aliphatic heterocycles. The standard InChI is InChI=1S/C9H20N6S2/c1-5-11-9(17)15-13-7(3)6(2)12-14-8(16)10-4/h9,11,15,17H,5H2,1-4H3,(H2,10,14,16)/b12-6+,13-7+. The number of thiol groups is 1. The van der Waals surface area contributed by atoms with Crippen molar-refractivity contribution in [2.75, 3.05) is 13.6 Å². The van der Waals surface area contributed by atoms with E-state index < -0.39 is 0 Å². The van der Waals surface area contributed by atoms with E-state index >= 15 is 0 Å². The Bertz CT molecular complexity index is 302. The van der Waals surface area contributed by atoms with Crippen LogP contribution < -0.4 is 21.5 Å². The van der Waals surface area contributed by atoms with Gasteiger partial charge in [0.2, 0.25) is 0 Å². The van der Waals surface area contributed by atoms with Gasteiger partial charge >= 0.3 is 0 Å².